The molecule has 1 rings (SSSR count). The van der Waals surface area contributed by atoms with Crippen LogP contribution in [0.15, 0.2) is 0 Å². The minimum atomic E-state index is -0.159. The average molecular weight is 255 g/mol. The predicted molar refractivity (Wildman–Crippen MR) is 65.9 cm³/mol. The van der Waals surface area contributed by atoms with Crippen LogP contribution in [0.25, 0.3) is 0 Å². The summed E-state index contributed by atoms with van der Waals surface area (Å²) in [6.07, 6.45) is 1.89. The Morgan fingerprint density at radius 1 is 1.17 bits per heavy atom. The first-order chi connectivity index (χ1) is 8.54. The van der Waals surface area contributed by atoms with Crippen molar-refractivity contribution in [3.05, 3.63) is 0 Å². The van der Waals surface area contributed by atoms with Crippen LogP contribution >= 0.6 is 0 Å². The molecule has 0 bridgehead atoms. The minimum absolute atomic E-state index is 0.00695. The highest BCUT2D eigenvalue weighted by molar-refractivity contribution is 5.83. The highest BCUT2D eigenvalue weighted by atomic mass is 16.5. The van der Waals surface area contributed by atoms with Gasteiger partial charge in [0.05, 0.1) is 12.5 Å². The molecule has 0 unspecified atom stereocenters. The molecule has 0 aliphatic carbocycles. The number of Topliss-reactive ketones (excluding diaryl/α,β-unsaturated/α-hetero) is 1. The number of hydrogen-bond donors (Lipinski definition) is 0. The Hall–Kier alpha value is -1.39. The van der Waals surface area contributed by atoms with Gasteiger partial charge in [0.25, 0.3) is 0 Å². The number of esters is 1. The molecule has 0 saturated carbocycles. The summed E-state index contributed by atoms with van der Waals surface area (Å²) in [6.45, 7) is 4.84. The number of rotatable bonds is 5. The summed E-state index contributed by atoms with van der Waals surface area (Å²) < 4.78 is 4.97. The molecule has 102 valence electrons. The number of ketones is 1. The molecule has 1 saturated heterocycles. The van der Waals surface area contributed by atoms with Gasteiger partial charge < -0.3 is 14.4 Å². The Balaban J connectivity index is 2.32. The van der Waals surface area contributed by atoms with Crippen LogP contribution in [-0.2, 0) is 19.1 Å². The molecule has 5 nitrogen and oxygen atoms in total. The van der Waals surface area contributed by atoms with E-state index < -0.39 is 0 Å². The van der Waals surface area contributed by atoms with E-state index in [1.807, 2.05) is 0 Å². The molecule has 18 heavy (non-hydrogen) atoms. The third-order valence-corrected chi connectivity index (χ3v) is 3.16. The van der Waals surface area contributed by atoms with E-state index in [4.69, 9.17) is 4.74 Å². The van der Waals surface area contributed by atoms with Gasteiger partial charge in [-0.2, -0.15) is 0 Å². The molecule has 0 aromatic heterocycles. The molecule has 1 heterocycles. The fourth-order valence-corrected chi connectivity index (χ4v) is 2.07. The van der Waals surface area contributed by atoms with Gasteiger partial charge in [-0.1, -0.05) is 0 Å². The summed E-state index contributed by atoms with van der Waals surface area (Å²) in [6, 6.07) is 0. The van der Waals surface area contributed by atoms with Gasteiger partial charge in [-0.05, 0) is 26.7 Å². The lowest BCUT2D eigenvalue weighted by Gasteiger charge is -2.30. The van der Waals surface area contributed by atoms with E-state index in [1.54, 1.807) is 11.8 Å². The summed E-state index contributed by atoms with van der Waals surface area (Å²) in [5, 5.41) is 0. The Morgan fingerprint density at radius 3 is 2.28 bits per heavy atom. The second kappa shape index (κ2) is 7.13. The first-order valence-corrected chi connectivity index (χ1v) is 6.48. The standard InChI is InChI=1S/C13H21NO4/c1-3-18-13(17)11-6-8-14(9-7-11)12(16)5-4-10(2)15/h11H,3-9H2,1-2H3. The summed E-state index contributed by atoms with van der Waals surface area (Å²) in [5.41, 5.74) is 0. The van der Waals surface area contributed by atoms with Crippen molar-refractivity contribution in [2.75, 3.05) is 19.7 Å². The lowest BCUT2D eigenvalue weighted by atomic mass is 9.96. The van der Waals surface area contributed by atoms with E-state index in [9.17, 15) is 14.4 Å². The average Bonchev–Trinajstić information content (AvgIpc) is 2.36. The zero-order valence-corrected chi connectivity index (χ0v) is 11.1. The maximum absolute atomic E-state index is 11.8. The molecular formula is C13H21NO4. The van der Waals surface area contributed by atoms with E-state index in [0.717, 1.165) is 0 Å². The maximum atomic E-state index is 11.8. The Labute approximate surface area is 107 Å². The first kappa shape index (κ1) is 14.7. The molecule has 0 spiro atoms. The van der Waals surface area contributed by atoms with Crippen molar-refractivity contribution in [1.82, 2.24) is 4.90 Å². The molecular weight excluding hydrogens is 234 g/mol. The molecule has 1 fully saturated rings. The summed E-state index contributed by atoms with van der Waals surface area (Å²) in [5.74, 6) is -0.201. The zero-order chi connectivity index (χ0) is 13.5. The molecule has 0 atom stereocenters. The van der Waals surface area contributed by atoms with E-state index in [1.165, 1.54) is 6.92 Å². The van der Waals surface area contributed by atoms with Crippen LogP contribution in [0.4, 0.5) is 0 Å². The van der Waals surface area contributed by atoms with Crippen LogP contribution in [-0.4, -0.2) is 42.3 Å². The van der Waals surface area contributed by atoms with Crippen LogP contribution in [0.1, 0.15) is 39.5 Å². The van der Waals surface area contributed by atoms with E-state index in [0.29, 0.717) is 39.0 Å². The smallest absolute Gasteiger partial charge is 0.309 e. The van der Waals surface area contributed by atoms with Crippen molar-refractivity contribution in [1.29, 1.82) is 0 Å². The SMILES string of the molecule is CCOC(=O)C1CCN(C(=O)CCC(C)=O)CC1. The van der Waals surface area contributed by atoms with Gasteiger partial charge in [0.1, 0.15) is 5.78 Å². The van der Waals surface area contributed by atoms with Gasteiger partial charge in [0.2, 0.25) is 5.91 Å². The third-order valence-electron chi connectivity index (χ3n) is 3.16. The number of hydrogen-bond acceptors (Lipinski definition) is 4. The summed E-state index contributed by atoms with van der Waals surface area (Å²) in [4.78, 5) is 35.8. The minimum Gasteiger partial charge on any atom is -0.466 e. The van der Waals surface area contributed by atoms with Crippen LogP contribution in [0, 0.1) is 5.92 Å². The molecule has 5 heteroatoms. The first-order valence-electron chi connectivity index (χ1n) is 6.48. The van der Waals surface area contributed by atoms with E-state index in [2.05, 4.69) is 0 Å². The van der Waals surface area contributed by atoms with Crippen LogP contribution in [0.5, 0.6) is 0 Å². The number of carbonyl (C=O) groups is 3. The normalized spacial score (nSPS) is 16.4. The Kier molecular flexibility index (Phi) is 5.82. The van der Waals surface area contributed by atoms with Gasteiger partial charge >= 0.3 is 5.97 Å². The summed E-state index contributed by atoms with van der Waals surface area (Å²) in [7, 11) is 0. The Morgan fingerprint density at radius 2 is 1.78 bits per heavy atom. The van der Waals surface area contributed by atoms with Gasteiger partial charge in [-0.3, -0.25) is 9.59 Å². The number of likely N-dealkylation sites (tertiary alicyclic amines) is 1. The number of nitrogens with zero attached hydrogens (tertiary/aromatic N) is 1. The maximum Gasteiger partial charge on any atom is 0.309 e. The summed E-state index contributed by atoms with van der Waals surface area (Å²) >= 11 is 0. The highest BCUT2D eigenvalue weighted by Crippen LogP contribution is 2.19. The van der Waals surface area contributed by atoms with Crippen molar-refractivity contribution < 1.29 is 19.1 Å². The lowest BCUT2D eigenvalue weighted by molar-refractivity contribution is -0.151. The van der Waals surface area contributed by atoms with Crippen LogP contribution < -0.4 is 0 Å². The monoisotopic (exact) mass is 255 g/mol. The van der Waals surface area contributed by atoms with Gasteiger partial charge in [-0.25, -0.2) is 0 Å². The molecule has 1 aliphatic heterocycles. The van der Waals surface area contributed by atoms with Gasteiger partial charge in [0, 0.05) is 25.9 Å². The van der Waals surface area contributed by atoms with Gasteiger partial charge in [-0.15, -0.1) is 0 Å². The van der Waals surface area contributed by atoms with Crippen molar-refractivity contribution in [3.63, 3.8) is 0 Å². The topological polar surface area (TPSA) is 63.7 Å². The molecule has 0 aromatic carbocycles. The van der Waals surface area contributed by atoms with Crippen molar-refractivity contribution in [2.45, 2.75) is 39.5 Å². The van der Waals surface area contributed by atoms with Crippen LogP contribution in [0.2, 0.25) is 0 Å². The second-order valence-electron chi connectivity index (χ2n) is 4.61. The quantitative estimate of drug-likeness (QED) is 0.691. The molecule has 0 radical (unpaired) electrons. The van der Waals surface area contributed by atoms with Gasteiger partial charge in [0.15, 0.2) is 0 Å². The Bertz CT molecular complexity index is 319. The molecule has 1 aliphatic rings. The highest BCUT2D eigenvalue weighted by Gasteiger charge is 2.27. The van der Waals surface area contributed by atoms with Crippen molar-refractivity contribution in [3.8, 4) is 0 Å². The van der Waals surface area contributed by atoms with Crippen molar-refractivity contribution >= 4 is 17.7 Å². The van der Waals surface area contributed by atoms with Crippen LogP contribution in [0.3, 0.4) is 0 Å². The largest absolute Gasteiger partial charge is 0.466 e. The molecule has 1 amide bonds. The third kappa shape index (κ3) is 4.47. The lowest BCUT2D eigenvalue weighted by Crippen LogP contribution is -2.40. The molecule has 0 N–H and O–H groups in total. The van der Waals surface area contributed by atoms with E-state index in [-0.39, 0.29) is 30.0 Å². The fourth-order valence-electron chi connectivity index (χ4n) is 2.07. The predicted octanol–water partition coefficient (Wildman–Crippen LogP) is 1.16. The van der Waals surface area contributed by atoms with E-state index >= 15 is 0 Å². The number of amides is 1. The zero-order valence-electron chi connectivity index (χ0n) is 11.1. The fraction of sp³-hybridized carbons (Fsp3) is 0.769. The number of piperidine rings is 1. The van der Waals surface area contributed by atoms with Crippen molar-refractivity contribution in [2.24, 2.45) is 5.92 Å². The molecule has 0 aromatic rings. The second-order valence-corrected chi connectivity index (χ2v) is 4.61. The number of carbonyl (C=O) groups excluding carboxylic acids is 3. The number of ether oxygens (including phenoxy) is 1.